The van der Waals surface area contributed by atoms with Crippen molar-refractivity contribution in [1.82, 2.24) is 4.90 Å². The number of hydrogen-bond acceptors (Lipinski definition) is 4. The third-order valence-electron chi connectivity index (χ3n) is 2.99. The highest BCUT2D eigenvalue weighted by Gasteiger charge is 2.23. The summed E-state index contributed by atoms with van der Waals surface area (Å²) in [5.74, 6) is 0.0961. The van der Waals surface area contributed by atoms with Crippen molar-refractivity contribution in [2.45, 2.75) is 12.6 Å². The molecule has 19 heavy (non-hydrogen) atoms. The summed E-state index contributed by atoms with van der Waals surface area (Å²) in [5.41, 5.74) is 6.62. The number of amidine groups is 1. The summed E-state index contributed by atoms with van der Waals surface area (Å²) >= 11 is 11.9. The summed E-state index contributed by atoms with van der Waals surface area (Å²) in [5, 5.41) is 12.7. The van der Waals surface area contributed by atoms with E-state index in [0.717, 1.165) is 18.7 Å². The molecule has 0 spiro atoms. The lowest BCUT2D eigenvalue weighted by molar-refractivity contribution is 0.00141. The molecule has 0 saturated carbocycles. The zero-order chi connectivity index (χ0) is 13.8. The molecule has 104 valence electrons. The summed E-state index contributed by atoms with van der Waals surface area (Å²) in [6, 6.07) is 5.56. The van der Waals surface area contributed by atoms with Gasteiger partial charge in [0.15, 0.2) is 5.84 Å². The highest BCUT2D eigenvalue weighted by Crippen LogP contribution is 2.23. The van der Waals surface area contributed by atoms with E-state index >= 15 is 0 Å². The molecule has 3 N–H and O–H groups in total. The molecule has 1 aromatic carbocycles. The Morgan fingerprint density at radius 2 is 2.26 bits per heavy atom. The van der Waals surface area contributed by atoms with Gasteiger partial charge in [-0.1, -0.05) is 34.4 Å². The van der Waals surface area contributed by atoms with Gasteiger partial charge in [-0.25, -0.2) is 0 Å². The SMILES string of the molecule is NC(=NO)C1CN(Cc2ccc(Cl)c(Cl)c2)CCO1. The van der Waals surface area contributed by atoms with Gasteiger partial charge in [-0.05, 0) is 17.7 Å². The molecule has 0 radical (unpaired) electrons. The molecule has 7 heteroatoms. The van der Waals surface area contributed by atoms with Crippen molar-refractivity contribution in [3.63, 3.8) is 0 Å². The fraction of sp³-hybridized carbons (Fsp3) is 0.417. The Labute approximate surface area is 121 Å². The van der Waals surface area contributed by atoms with Gasteiger partial charge in [-0.15, -0.1) is 0 Å². The van der Waals surface area contributed by atoms with Crippen LogP contribution in [-0.2, 0) is 11.3 Å². The van der Waals surface area contributed by atoms with E-state index in [9.17, 15) is 0 Å². The van der Waals surface area contributed by atoms with E-state index < -0.39 is 0 Å². The lowest BCUT2D eigenvalue weighted by Crippen LogP contribution is -2.48. The van der Waals surface area contributed by atoms with Crippen molar-refractivity contribution in [2.75, 3.05) is 19.7 Å². The van der Waals surface area contributed by atoms with E-state index in [1.807, 2.05) is 12.1 Å². The van der Waals surface area contributed by atoms with E-state index in [1.165, 1.54) is 0 Å². The Kier molecular flexibility index (Phi) is 4.87. The summed E-state index contributed by atoms with van der Waals surface area (Å²) in [6.45, 7) is 2.63. The molecule has 1 unspecified atom stereocenters. The molecule has 5 nitrogen and oxygen atoms in total. The van der Waals surface area contributed by atoms with Crippen LogP contribution in [0.1, 0.15) is 5.56 Å². The van der Waals surface area contributed by atoms with Gasteiger partial charge in [-0.2, -0.15) is 0 Å². The average Bonchev–Trinajstić information content (AvgIpc) is 2.42. The Hall–Kier alpha value is -1.01. The fourth-order valence-corrected chi connectivity index (χ4v) is 2.31. The molecular formula is C12H15Cl2N3O2. The number of rotatable bonds is 3. The number of nitrogens with two attached hydrogens (primary N) is 1. The second-order valence-corrected chi connectivity index (χ2v) is 5.18. The van der Waals surface area contributed by atoms with E-state index in [0.29, 0.717) is 23.2 Å². The van der Waals surface area contributed by atoms with Crippen molar-refractivity contribution in [1.29, 1.82) is 0 Å². The molecule has 1 heterocycles. The van der Waals surface area contributed by atoms with Gasteiger partial charge >= 0.3 is 0 Å². The van der Waals surface area contributed by atoms with Crippen LogP contribution in [-0.4, -0.2) is 41.7 Å². The van der Waals surface area contributed by atoms with Crippen molar-refractivity contribution in [3.05, 3.63) is 33.8 Å². The maximum absolute atomic E-state index is 8.66. The third-order valence-corrected chi connectivity index (χ3v) is 3.73. The second kappa shape index (κ2) is 6.43. The van der Waals surface area contributed by atoms with Gasteiger partial charge in [0.05, 0.1) is 16.7 Å². The lowest BCUT2D eigenvalue weighted by Gasteiger charge is -2.32. The van der Waals surface area contributed by atoms with Crippen molar-refractivity contribution >= 4 is 29.0 Å². The maximum atomic E-state index is 8.66. The standard InChI is InChI=1S/C12H15Cl2N3O2/c13-9-2-1-8(5-10(9)14)6-17-3-4-19-11(7-17)12(15)16-18/h1-2,5,11,18H,3-4,6-7H2,(H2,15,16). The first-order valence-electron chi connectivity index (χ1n) is 5.85. The summed E-state index contributed by atoms with van der Waals surface area (Å²) < 4.78 is 5.44. The topological polar surface area (TPSA) is 71.1 Å². The van der Waals surface area contributed by atoms with Crippen LogP contribution in [0, 0.1) is 0 Å². The van der Waals surface area contributed by atoms with Crippen LogP contribution in [0.2, 0.25) is 10.0 Å². The van der Waals surface area contributed by atoms with Crippen molar-refractivity contribution in [3.8, 4) is 0 Å². The highest BCUT2D eigenvalue weighted by molar-refractivity contribution is 6.42. The molecule has 1 atom stereocenters. The quantitative estimate of drug-likeness (QED) is 0.387. The van der Waals surface area contributed by atoms with E-state index in [2.05, 4.69) is 10.1 Å². The van der Waals surface area contributed by atoms with Gasteiger partial charge in [0.2, 0.25) is 0 Å². The third kappa shape index (κ3) is 3.73. The van der Waals surface area contributed by atoms with Crippen LogP contribution in [0.25, 0.3) is 0 Å². The summed E-state index contributed by atoms with van der Waals surface area (Å²) in [7, 11) is 0. The number of nitrogens with zero attached hydrogens (tertiary/aromatic N) is 2. The maximum Gasteiger partial charge on any atom is 0.169 e. The van der Waals surface area contributed by atoms with Gasteiger partial charge < -0.3 is 15.7 Å². The molecule has 2 rings (SSSR count). The van der Waals surface area contributed by atoms with Crippen LogP contribution in [0.4, 0.5) is 0 Å². The molecule has 1 aromatic rings. The van der Waals surface area contributed by atoms with Crippen LogP contribution >= 0.6 is 23.2 Å². The Morgan fingerprint density at radius 3 is 2.95 bits per heavy atom. The highest BCUT2D eigenvalue weighted by atomic mass is 35.5. The smallest absolute Gasteiger partial charge is 0.169 e. The van der Waals surface area contributed by atoms with E-state index in [1.54, 1.807) is 6.07 Å². The normalized spacial score (nSPS) is 21.6. The molecule has 1 fully saturated rings. The first-order valence-corrected chi connectivity index (χ1v) is 6.61. The van der Waals surface area contributed by atoms with Gasteiger partial charge in [0.25, 0.3) is 0 Å². The average molecular weight is 304 g/mol. The van der Waals surface area contributed by atoms with Crippen LogP contribution in [0.3, 0.4) is 0 Å². The zero-order valence-corrected chi connectivity index (χ0v) is 11.7. The number of morpholine rings is 1. The van der Waals surface area contributed by atoms with Gasteiger partial charge in [0, 0.05) is 19.6 Å². The molecule has 1 aliphatic heterocycles. The molecule has 1 aliphatic rings. The Morgan fingerprint density at radius 1 is 1.47 bits per heavy atom. The molecule has 0 aliphatic carbocycles. The van der Waals surface area contributed by atoms with Crippen molar-refractivity contribution in [2.24, 2.45) is 10.9 Å². The number of oxime groups is 1. The molecule has 0 amide bonds. The Bertz CT molecular complexity index is 482. The number of ether oxygens (including phenoxy) is 1. The van der Waals surface area contributed by atoms with Crippen molar-refractivity contribution < 1.29 is 9.94 Å². The fourth-order valence-electron chi connectivity index (χ4n) is 1.99. The zero-order valence-electron chi connectivity index (χ0n) is 10.2. The lowest BCUT2D eigenvalue weighted by atomic mass is 10.2. The van der Waals surface area contributed by atoms with E-state index in [4.69, 9.17) is 38.9 Å². The number of benzene rings is 1. The molecular weight excluding hydrogens is 289 g/mol. The first kappa shape index (κ1) is 14.4. The monoisotopic (exact) mass is 303 g/mol. The van der Waals surface area contributed by atoms with Crippen LogP contribution < -0.4 is 5.73 Å². The number of halogens is 2. The van der Waals surface area contributed by atoms with Gasteiger partial charge in [0.1, 0.15) is 6.10 Å². The Balaban J connectivity index is 2.00. The predicted octanol–water partition coefficient (Wildman–Crippen LogP) is 1.94. The first-order chi connectivity index (χ1) is 9.10. The largest absolute Gasteiger partial charge is 0.409 e. The van der Waals surface area contributed by atoms with Crippen LogP contribution in [0.15, 0.2) is 23.4 Å². The predicted molar refractivity (Wildman–Crippen MR) is 74.9 cm³/mol. The minimum Gasteiger partial charge on any atom is -0.409 e. The minimum atomic E-state index is -0.374. The molecule has 0 bridgehead atoms. The van der Waals surface area contributed by atoms with E-state index in [-0.39, 0.29) is 11.9 Å². The minimum absolute atomic E-state index is 0.0961. The summed E-state index contributed by atoms with van der Waals surface area (Å²) in [6.07, 6.45) is -0.374. The molecule has 1 saturated heterocycles. The van der Waals surface area contributed by atoms with Crippen LogP contribution in [0.5, 0.6) is 0 Å². The number of hydrogen-bond donors (Lipinski definition) is 2. The summed E-state index contributed by atoms with van der Waals surface area (Å²) in [4.78, 5) is 2.16. The molecule has 0 aromatic heterocycles. The van der Waals surface area contributed by atoms with Gasteiger partial charge in [-0.3, -0.25) is 4.90 Å². The second-order valence-electron chi connectivity index (χ2n) is 4.37.